The van der Waals surface area contributed by atoms with Gasteiger partial charge in [-0.2, -0.15) is 0 Å². The van der Waals surface area contributed by atoms with Crippen LogP contribution in [-0.4, -0.2) is 49.3 Å². The van der Waals surface area contributed by atoms with Crippen LogP contribution in [0.5, 0.6) is 0 Å². The molecule has 0 spiro atoms. The first-order valence-corrected chi connectivity index (χ1v) is 6.28. The molecular weight excluding hydrogens is 234 g/mol. The number of rotatable bonds is 8. The molecule has 1 unspecified atom stereocenters. The molecule has 0 aliphatic heterocycles. The average Bonchev–Trinajstić information content (AvgIpc) is 2.74. The van der Waals surface area contributed by atoms with E-state index in [2.05, 4.69) is 22.4 Å². The maximum atomic E-state index is 11.1. The summed E-state index contributed by atoms with van der Waals surface area (Å²) in [4.78, 5) is 12.8. The molecule has 7 heteroatoms. The Morgan fingerprint density at radius 1 is 1.50 bits per heavy atom. The first-order valence-electron chi connectivity index (χ1n) is 6.28. The van der Waals surface area contributed by atoms with Crippen LogP contribution >= 0.6 is 0 Å². The van der Waals surface area contributed by atoms with Crippen LogP contribution in [0.1, 0.15) is 38.9 Å². The molecule has 1 atom stereocenters. The van der Waals surface area contributed by atoms with Crippen LogP contribution in [0.2, 0.25) is 0 Å². The Morgan fingerprint density at radius 3 is 2.78 bits per heavy atom. The van der Waals surface area contributed by atoms with Crippen LogP contribution in [0.25, 0.3) is 0 Å². The van der Waals surface area contributed by atoms with Crippen molar-refractivity contribution in [2.24, 2.45) is 0 Å². The number of hydrogen-bond donors (Lipinski definition) is 1. The molecule has 7 nitrogen and oxygen atoms in total. The van der Waals surface area contributed by atoms with Crippen LogP contribution in [-0.2, 0) is 17.9 Å². The van der Waals surface area contributed by atoms with Crippen LogP contribution in [0, 0.1) is 0 Å². The highest BCUT2D eigenvalue weighted by Crippen LogP contribution is 2.07. The van der Waals surface area contributed by atoms with E-state index in [4.69, 9.17) is 5.11 Å². The summed E-state index contributed by atoms with van der Waals surface area (Å²) >= 11 is 0. The molecular formula is C11H21N5O2. The van der Waals surface area contributed by atoms with E-state index in [1.807, 2.05) is 6.92 Å². The molecule has 0 fully saturated rings. The molecule has 0 aliphatic rings. The van der Waals surface area contributed by atoms with Gasteiger partial charge in [0, 0.05) is 6.54 Å². The van der Waals surface area contributed by atoms with Gasteiger partial charge in [-0.25, -0.2) is 4.68 Å². The van der Waals surface area contributed by atoms with E-state index in [-0.39, 0.29) is 0 Å². The van der Waals surface area contributed by atoms with Crippen molar-refractivity contribution in [3.63, 3.8) is 0 Å². The molecule has 102 valence electrons. The molecule has 0 amide bonds. The number of hydrogen-bond acceptors (Lipinski definition) is 5. The fraction of sp³-hybridized carbons (Fsp3) is 0.818. The summed E-state index contributed by atoms with van der Waals surface area (Å²) in [5.41, 5.74) is 0. The van der Waals surface area contributed by atoms with Gasteiger partial charge in [-0.1, -0.05) is 20.3 Å². The monoisotopic (exact) mass is 255 g/mol. The van der Waals surface area contributed by atoms with Crippen LogP contribution in [0.4, 0.5) is 0 Å². The van der Waals surface area contributed by atoms with Gasteiger partial charge >= 0.3 is 5.97 Å². The first kappa shape index (κ1) is 14.6. The van der Waals surface area contributed by atoms with Crippen molar-refractivity contribution in [2.45, 2.75) is 52.2 Å². The highest BCUT2D eigenvalue weighted by molar-refractivity contribution is 5.73. The predicted molar refractivity (Wildman–Crippen MR) is 65.9 cm³/mol. The normalized spacial score (nSPS) is 12.9. The fourth-order valence-electron chi connectivity index (χ4n) is 1.83. The second-order valence-electron chi connectivity index (χ2n) is 4.35. The predicted octanol–water partition coefficient (Wildman–Crippen LogP) is 0.768. The van der Waals surface area contributed by atoms with E-state index in [1.165, 1.54) is 0 Å². The molecule has 0 saturated carbocycles. The van der Waals surface area contributed by atoms with Crippen molar-refractivity contribution in [3.05, 3.63) is 5.82 Å². The van der Waals surface area contributed by atoms with Crippen molar-refractivity contribution in [2.75, 3.05) is 7.05 Å². The fourth-order valence-corrected chi connectivity index (χ4v) is 1.83. The number of unbranched alkanes of at least 4 members (excludes halogenated alkanes) is 1. The van der Waals surface area contributed by atoms with Gasteiger partial charge in [0.05, 0.1) is 6.54 Å². The van der Waals surface area contributed by atoms with E-state index in [0.717, 1.165) is 19.4 Å². The van der Waals surface area contributed by atoms with Gasteiger partial charge in [0.1, 0.15) is 6.04 Å². The Morgan fingerprint density at radius 2 is 2.22 bits per heavy atom. The summed E-state index contributed by atoms with van der Waals surface area (Å²) in [6.07, 6.45) is 2.64. The molecule has 0 aliphatic carbocycles. The standard InChI is InChI=1S/C11H21N5O2/c1-4-6-7-16-10(12-13-14-16)8-15(3)9(5-2)11(17)18/h9H,4-8H2,1-3H3,(H,17,18). The van der Waals surface area contributed by atoms with Crippen molar-refractivity contribution < 1.29 is 9.90 Å². The van der Waals surface area contributed by atoms with Gasteiger partial charge in [-0.15, -0.1) is 5.10 Å². The molecule has 18 heavy (non-hydrogen) atoms. The molecule has 0 radical (unpaired) electrons. The number of carbonyl (C=O) groups is 1. The highest BCUT2D eigenvalue weighted by Gasteiger charge is 2.22. The SMILES string of the molecule is CCCCn1nnnc1CN(C)C(CC)C(=O)O. The molecule has 0 saturated heterocycles. The smallest absolute Gasteiger partial charge is 0.320 e. The number of nitrogens with zero attached hydrogens (tertiary/aromatic N) is 5. The van der Waals surface area contributed by atoms with Crippen molar-refractivity contribution in [1.82, 2.24) is 25.1 Å². The minimum Gasteiger partial charge on any atom is -0.480 e. The third kappa shape index (κ3) is 3.76. The zero-order valence-corrected chi connectivity index (χ0v) is 11.2. The minimum atomic E-state index is -0.812. The lowest BCUT2D eigenvalue weighted by Gasteiger charge is -2.22. The first-order chi connectivity index (χ1) is 8.60. The second kappa shape index (κ2) is 7.05. The molecule has 0 bridgehead atoms. The van der Waals surface area contributed by atoms with Crippen LogP contribution < -0.4 is 0 Å². The van der Waals surface area contributed by atoms with Gasteiger partial charge in [-0.3, -0.25) is 9.69 Å². The number of tetrazole rings is 1. The summed E-state index contributed by atoms with van der Waals surface area (Å²) in [5, 5.41) is 20.6. The molecule has 1 N–H and O–H groups in total. The summed E-state index contributed by atoms with van der Waals surface area (Å²) in [6, 6.07) is -0.499. The zero-order chi connectivity index (χ0) is 13.5. The van der Waals surface area contributed by atoms with Crippen molar-refractivity contribution in [3.8, 4) is 0 Å². The number of aromatic nitrogens is 4. The van der Waals surface area contributed by atoms with Crippen LogP contribution in [0.15, 0.2) is 0 Å². The van der Waals surface area contributed by atoms with E-state index < -0.39 is 12.0 Å². The zero-order valence-electron chi connectivity index (χ0n) is 11.2. The Kier molecular flexibility index (Phi) is 5.70. The topological polar surface area (TPSA) is 84.1 Å². The van der Waals surface area contributed by atoms with Gasteiger partial charge in [0.15, 0.2) is 5.82 Å². The Balaban J connectivity index is 2.66. The van der Waals surface area contributed by atoms with Crippen molar-refractivity contribution >= 4 is 5.97 Å². The van der Waals surface area contributed by atoms with Gasteiger partial charge in [0.2, 0.25) is 0 Å². The lowest BCUT2D eigenvalue weighted by Crippen LogP contribution is -2.38. The average molecular weight is 255 g/mol. The Bertz CT molecular complexity index is 379. The Labute approximate surface area is 107 Å². The van der Waals surface area contributed by atoms with E-state index in [1.54, 1.807) is 16.6 Å². The largest absolute Gasteiger partial charge is 0.480 e. The third-order valence-corrected chi connectivity index (χ3v) is 2.92. The molecule has 1 heterocycles. The van der Waals surface area contributed by atoms with E-state index in [0.29, 0.717) is 18.8 Å². The molecule has 1 rings (SSSR count). The quantitative estimate of drug-likeness (QED) is 0.738. The number of likely N-dealkylation sites (N-methyl/N-ethyl adjacent to an activating group) is 1. The summed E-state index contributed by atoms with van der Waals surface area (Å²) < 4.78 is 1.74. The van der Waals surface area contributed by atoms with Gasteiger partial charge in [0.25, 0.3) is 0 Å². The molecule has 1 aromatic heterocycles. The van der Waals surface area contributed by atoms with Gasteiger partial charge in [-0.05, 0) is 30.3 Å². The summed E-state index contributed by atoms with van der Waals surface area (Å²) in [5.74, 6) is -0.0989. The van der Waals surface area contributed by atoms with Crippen molar-refractivity contribution in [1.29, 1.82) is 0 Å². The van der Waals surface area contributed by atoms with E-state index >= 15 is 0 Å². The second-order valence-corrected chi connectivity index (χ2v) is 4.35. The summed E-state index contributed by atoms with van der Waals surface area (Å²) in [7, 11) is 1.78. The third-order valence-electron chi connectivity index (χ3n) is 2.92. The minimum absolute atomic E-state index is 0.446. The van der Waals surface area contributed by atoms with Gasteiger partial charge < -0.3 is 5.11 Å². The number of aliphatic carboxylic acids is 1. The lowest BCUT2D eigenvalue weighted by atomic mass is 10.2. The maximum Gasteiger partial charge on any atom is 0.320 e. The lowest BCUT2D eigenvalue weighted by molar-refractivity contribution is -0.143. The molecule has 0 aromatic carbocycles. The number of carboxylic acids is 1. The highest BCUT2D eigenvalue weighted by atomic mass is 16.4. The van der Waals surface area contributed by atoms with Crippen LogP contribution in [0.3, 0.4) is 0 Å². The number of aryl methyl sites for hydroxylation is 1. The maximum absolute atomic E-state index is 11.1. The number of carboxylic acid groups (broad SMARTS) is 1. The molecule has 1 aromatic rings. The van der Waals surface area contributed by atoms with E-state index in [9.17, 15) is 4.79 Å². The summed E-state index contributed by atoms with van der Waals surface area (Å²) in [6.45, 7) is 5.18. The Hall–Kier alpha value is -1.50.